The van der Waals surface area contributed by atoms with Crippen LogP contribution in [0.3, 0.4) is 0 Å². The van der Waals surface area contributed by atoms with E-state index in [0.717, 1.165) is 0 Å². The molecule has 3 rings (SSSR count). The molecule has 0 radical (unpaired) electrons. The van der Waals surface area contributed by atoms with E-state index in [4.69, 9.17) is 27.9 Å². The van der Waals surface area contributed by atoms with Crippen LogP contribution in [0.2, 0.25) is 10.0 Å². The van der Waals surface area contributed by atoms with Gasteiger partial charge in [0, 0.05) is 35.3 Å². The summed E-state index contributed by atoms with van der Waals surface area (Å²) in [5.41, 5.74) is 1.11. The highest BCUT2D eigenvalue weighted by molar-refractivity contribution is 8.15. The average Bonchev–Trinajstić information content (AvgIpc) is 2.65. The third-order valence-corrected chi connectivity index (χ3v) is 5.72. The first-order valence-electron chi connectivity index (χ1n) is 8.87. The minimum absolute atomic E-state index is 0.0769. The Labute approximate surface area is 183 Å². The zero-order chi connectivity index (χ0) is 21.0. The van der Waals surface area contributed by atoms with Crippen LogP contribution in [0, 0.1) is 0 Å². The fourth-order valence-corrected chi connectivity index (χ4v) is 4.24. The van der Waals surface area contributed by atoms with E-state index in [1.54, 1.807) is 43.4 Å². The van der Waals surface area contributed by atoms with Crippen LogP contribution in [-0.2, 0) is 9.59 Å². The van der Waals surface area contributed by atoms with Gasteiger partial charge in [0.15, 0.2) is 5.17 Å². The predicted octanol–water partition coefficient (Wildman–Crippen LogP) is 4.98. The number of aliphatic imine (C=N–C) groups is 1. The number of nitrogens with zero attached hydrogens (tertiary/aromatic N) is 2. The topological polar surface area (TPSA) is 71.0 Å². The van der Waals surface area contributed by atoms with Crippen LogP contribution in [-0.4, -0.2) is 40.8 Å². The molecule has 2 aromatic carbocycles. The number of ether oxygens (including phenoxy) is 1. The Morgan fingerprint density at radius 2 is 2.00 bits per heavy atom. The van der Waals surface area contributed by atoms with Gasteiger partial charge in [-0.15, -0.1) is 0 Å². The highest BCUT2D eigenvalue weighted by Crippen LogP contribution is 2.31. The van der Waals surface area contributed by atoms with E-state index < -0.39 is 5.25 Å². The van der Waals surface area contributed by atoms with Crippen LogP contribution in [0.25, 0.3) is 0 Å². The quantitative estimate of drug-likeness (QED) is 0.695. The van der Waals surface area contributed by atoms with Crippen molar-refractivity contribution in [1.82, 2.24) is 4.90 Å². The Bertz CT molecular complexity index is 947. The second kappa shape index (κ2) is 9.52. The lowest BCUT2D eigenvalue weighted by Gasteiger charge is -2.28. The molecule has 1 fully saturated rings. The summed E-state index contributed by atoms with van der Waals surface area (Å²) in [6, 6.07) is 12.0. The molecule has 0 bridgehead atoms. The molecule has 0 spiro atoms. The molecule has 0 unspecified atom stereocenters. The second-order valence-electron chi connectivity index (χ2n) is 6.24. The summed E-state index contributed by atoms with van der Waals surface area (Å²) < 4.78 is 5.45. The van der Waals surface area contributed by atoms with Crippen molar-refractivity contribution >= 4 is 63.3 Å². The van der Waals surface area contributed by atoms with E-state index in [9.17, 15) is 9.59 Å². The first-order chi connectivity index (χ1) is 13.9. The molecular weight excluding hydrogens is 433 g/mol. The van der Waals surface area contributed by atoms with Gasteiger partial charge in [-0.3, -0.25) is 14.5 Å². The molecule has 0 aromatic heterocycles. The normalized spacial score (nSPS) is 18.1. The van der Waals surface area contributed by atoms with Gasteiger partial charge in [-0.1, -0.05) is 41.0 Å². The van der Waals surface area contributed by atoms with E-state index >= 15 is 0 Å². The second-order valence-corrected chi connectivity index (χ2v) is 8.28. The van der Waals surface area contributed by atoms with Crippen LogP contribution < -0.4 is 10.1 Å². The Morgan fingerprint density at radius 3 is 2.69 bits per heavy atom. The lowest BCUT2D eigenvalue weighted by Crippen LogP contribution is -2.43. The molecule has 9 heteroatoms. The monoisotopic (exact) mass is 451 g/mol. The lowest BCUT2D eigenvalue weighted by molar-refractivity contribution is -0.128. The number of hydrogen-bond acceptors (Lipinski definition) is 5. The Hall–Kier alpha value is -2.22. The molecule has 1 saturated heterocycles. The summed E-state index contributed by atoms with van der Waals surface area (Å²) in [6.45, 7) is 2.42. The van der Waals surface area contributed by atoms with Crippen LogP contribution in [0.4, 0.5) is 11.4 Å². The number of benzene rings is 2. The number of halogens is 2. The summed E-state index contributed by atoms with van der Waals surface area (Å²) in [7, 11) is 1.63. The number of hydrogen-bond donors (Lipinski definition) is 1. The number of anilines is 1. The van der Waals surface area contributed by atoms with Crippen molar-refractivity contribution < 1.29 is 14.3 Å². The minimum atomic E-state index is -0.608. The number of nitrogens with one attached hydrogen (secondary N) is 1. The molecule has 1 heterocycles. The van der Waals surface area contributed by atoms with Crippen molar-refractivity contribution in [2.24, 2.45) is 4.99 Å². The molecule has 0 saturated carbocycles. The number of amidine groups is 1. The number of carbonyl (C=O) groups is 2. The first kappa shape index (κ1) is 21.5. The van der Waals surface area contributed by atoms with Gasteiger partial charge in [-0.05, 0) is 37.3 Å². The zero-order valence-electron chi connectivity index (χ0n) is 15.8. The standard InChI is InChI=1S/C20H19Cl2N3O3S/c1-3-28-16-6-4-5-14(10-16)23-19(27)17-11-18(26)25(2)20(29-17)24-15-8-12(21)7-13(22)9-15/h4-10,17H,3,11H2,1-2H3,(H,23,27)/t17-/m1/s1. The summed E-state index contributed by atoms with van der Waals surface area (Å²) in [4.78, 5) is 31.1. The van der Waals surface area contributed by atoms with Crippen molar-refractivity contribution in [3.63, 3.8) is 0 Å². The number of amides is 2. The van der Waals surface area contributed by atoms with E-state index in [1.807, 2.05) is 13.0 Å². The van der Waals surface area contributed by atoms with E-state index in [0.29, 0.717) is 38.9 Å². The van der Waals surface area contributed by atoms with Crippen molar-refractivity contribution in [3.8, 4) is 5.75 Å². The van der Waals surface area contributed by atoms with Gasteiger partial charge < -0.3 is 10.1 Å². The van der Waals surface area contributed by atoms with Gasteiger partial charge >= 0.3 is 0 Å². The maximum atomic E-state index is 12.8. The van der Waals surface area contributed by atoms with E-state index in [1.165, 1.54) is 16.7 Å². The molecule has 152 valence electrons. The molecule has 6 nitrogen and oxygen atoms in total. The molecular formula is C20H19Cl2N3O3S. The average molecular weight is 452 g/mol. The highest BCUT2D eigenvalue weighted by atomic mass is 35.5. The van der Waals surface area contributed by atoms with Crippen LogP contribution in [0.1, 0.15) is 13.3 Å². The Morgan fingerprint density at radius 1 is 1.28 bits per heavy atom. The molecule has 2 amide bonds. The smallest absolute Gasteiger partial charge is 0.238 e. The minimum Gasteiger partial charge on any atom is -0.494 e. The van der Waals surface area contributed by atoms with Crippen LogP contribution in [0.5, 0.6) is 5.75 Å². The van der Waals surface area contributed by atoms with Crippen molar-refractivity contribution in [2.75, 3.05) is 19.0 Å². The maximum Gasteiger partial charge on any atom is 0.238 e. The molecule has 1 aliphatic rings. The van der Waals surface area contributed by atoms with Crippen molar-refractivity contribution in [3.05, 3.63) is 52.5 Å². The van der Waals surface area contributed by atoms with E-state index in [-0.39, 0.29) is 18.2 Å². The Balaban J connectivity index is 1.78. The van der Waals surface area contributed by atoms with Crippen LogP contribution >= 0.6 is 35.0 Å². The fourth-order valence-electron chi connectivity index (χ4n) is 2.67. The van der Waals surface area contributed by atoms with Crippen LogP contribution in [0.15, 0.2) is 47.5 Å². The van der Waals surface area contributed by atoms with Crippen molar-refractivity contribution in [2.45, 2.75) is 18.6 Å². The largest absolute Gasteiger partial charge is 0.494 e. The number of thioether (sulfide) groups is 1. The van der Waals surface area contributed by atoms with Gasteiger partial charge in [-0.25, -0.2) is 4.99 Å². The summed E-state index contributed by atoms with van der Waals surface area (Å²) >= 11 is 13.3. The zero-order valence-corrected chi connectivity index (χ0v) is 18.1. The van der Waals surface area contributed by atoms with Gasteiger partial charge in [0.2, 0.25) is 11.8 Å². The SMILES string of the molecule is CCOc1cccc(NC(=O)[C@H]2CC(=O)N(C)C(=Nc3cc(Cl)cc(Cl)c3)S2)c1. The fraction of sp³-hybridized carbons (Fsp3) is 0.250. The lowest BCUT2D eigenvalue weighted by atomic mass is 10.2. The molecule has 1 N–H and O–H groups in total. The number of rotatable bonds is 5. The maximum absolute atomic E-state index is 12.8. The summed E-state index contributed by atoms with van der Waals surface area (Å²) in [6.07, 6.45) is 0.0769. The third-order valence-electron chi connectivity index (χ3n) is 4.05. The highest BCUT2D eigenvalue weighted by Gasteiger charge is 2.34. The van der Waals surface area contributed by atoms with Gasteiger partial charge in [0.25, 0.3) is 0 Å². The summed E-state index contributed by atoms with van der Waals surface area (Å²) in [5, 5.41) is 3.52. The predicted molar refractivity (Wildman–Crippen MR) is 119 cm³/mol. The molecule has 0 aliphatic carbocycles. The van der Waals surface area contributed by atoms with Crippen molar-refractivity contribution in [1.29, 1.82) is 0 Å². The number of carbonyl (C=O) groups excluding carboxylic acids is 2. The first-order valence-corrected chi connectivity index (χ1v) is 10.5. The molecule has 1 atom stereocenters. The molecule has 1 aliphatic heterocycles. The van der Waals surface area contributed by atoms with Gasteiger partial charge in [0.05, 0.1) is 12.3 Å². The van der Waals surface area contributed by atoms with E-state index in [2.05, 4.69) is 10.3 Å². The van der Waals surface area contributed by atoms with Gasteiger partial charge in [-0.2, -0.15) is 0 Å². The third kappa shape index (κ3) is 5.65. The summed E-state index contributed by atoms with van der Waals surface area (Å²) in [5.74, 6) is 0.193. The van der Waals surface area contributed by atoms with Gasteiger partial charge in [0.1, 0.15) is 11.0 Å². The Kier molecular flexibility index (Phi) is 7.05. The molecule has 2 aromatic rings. The molecule has 29 heavy (non-hydrogen) atoms.